The van der Waals surface area contributed by atoms with Crippen molar-refractivity contribution in [3.05, 3.63) is 69.7 Å². The van der Waals surface area contributed by atoms with Gasteiger partial charge in [0.25, 0.3) is 5.56 Å². The highest BCUT2D eigenvalue weighted by molar-refractivity contribution is 6.31. The van der Waals surface area contributed by atoms with Crippen LogP contribution in [-0.4, -0.2) is 17.1 Å². The highest BCUT2D eigenvalue weighted by atomic mass is 35.5. The third-order valence-corrected chi connectivity index (χ3v) is 3.58. The van der Waals surface area contributed by atoms with Gasteiger partial charge in [-0.3, -0.25) is 9.78 Å². The molecule has 0 unspecified atom stereocenters. The molecule has 0 saturated carbocycles. The molecule has 122 valence electrons. The molecule has 0 amide bonds. The Labute approximate surface area is 142 Å². The van der Waals surface area contributed by atoms with Crippen molar-refractivity contribution in [3.8, 4) is 17.0 Å². The number of hydrogen-bond donors (Lipinski definition) is 2. The molecule has 2 N–H and O–H groups in total. The van der Waals surface area contributed by atoms with Gasteiger partial charge < -0.3 is 10.1 Å². The molecule has 0 radical (unpaired) electrons. The van der Waals surface area contributed by atoms with Crippen molar-refractivity contribution in [2.75, 3.05) is 12.4 Å². The Kier molecular flexibility index (Phi) is 4.48. The van der Waals surface area contributed by atoms with E-state index in [-0.39, 0.29) is 16.5 Å². The molecule has 0 aliphatic heterocycles. The van der Waals surface area contributed by atoms with Crippen LogP contribution in [0.25, 0.3) is 11.3 Å². The first-order valence-electron chi connectivity index (χ1n) is 7.03. The second-order valence-corrected chi connectivity index (χ2v) is 5.37. The predicted molar refractivity (Wildman–Crippen MR) is 91.5 cm³/mol. The van der Waals surface area contributed by atoms with Gasteiger partial charge >= 0.3 is 0 Å². The maximum Gasteiger partial charge on any atom is 0.252 e. The summed E-state index contributed by atoms with van der Waals surface area (Å²) in [6.45, 7) is 0. The number of hydrogen-bond acceptors (Lipinski definition) is 4. The van der Waals surface area contributed by atoms with Gasteiger partial charge in [-0.1, -0.05) is 23.7 Å². The number of nitrogens with zero attached hydrogens (tertiary/aromatic N) is 1. The summed E-state index contributed by atoms with van der Waals surface area (Å²) in [6.07, 6.45) is 0. The van der Waals surface area contributed by atoms with Crippen LogP contribution in [0, 0.1) is 5.82 Å². The number of rotatable bonds is 4. The van der Waals surface area contributed by atoms with Crippen LogP contribution in [0.5, 0.6) is 5.75 Å². The summed E-state index contributed by atoms with van der Waals surface area (Å²) < 4.78 is 18.4. The van der Waals surface area contributed by atoms with E-state index in [0.29, 0.717) is 17.1 Å². The summed E-state index contributed by atoms with van der Waals surface area (Å²) in [5, 5.41) is 2.88. The van der Waals surface area contributed by atoms with Crippen molar-refractivity contribution in [3.63, 3.8) is 0 Å². The minimum absolute atomic E-state index is 0.0219. The molecule has 0 aliphatic rings. The largest absolute Gasteiger partial charge is 0.497 e. The van der Waals surface area contributed by atoms with Crippen molar-refractivity contribution in [2.45, 2.75) is 0 Å². The van der Waals surface area contributed by atoms with E-state index in [1.54, 1.807) is 19.2 Å². The Balaban J connectivity index is 1.96. The molecule has 24 heavy (non-hydrogen) atoms. The van der Waals surface area contributed by atoms with Gasteiger partial charge in [-0.15, -0.1) is 0 Å². The van der Waals surface area contributed by atoms with E-state index in [0.717, 1.165) is 5.56 Å². The topological polar surface area (TPSA) is 67.0 Å². The minimum Gasteiger partial charge on any atom is -0.497 e. The fourth-order valence-corrected chi connectivity index (χ4v) is 2.34. The summed E-state index contributed by atoms with van der Waals surface area (Å²) in [5.74, 6) is 0.367. The van der Waals surface area contributed by atoms with Crippen molar-refractivity contribution in [1.29, 1.82) is 0 Å². The zero-order valence-electron chi connectivity index (χ0n) is 12.6. The van der Waals surface area contributed by atoms with E-state index in [1.807, 2.05) is 12.1 Å². The van der Waals surface area contributed by atoms with E-state index in [9.17, 15) is 9.18 Å². The second kappa shape index (κ2) is 6.72. The lowest BCUT2D eigenvalue weighted by Gasteiger charge is -2.08. The number of ether oxygens (including phenoxy) is 1. The summed E-state index contributed by atoms with van der Waals surface area (Å²) in [6, 6.07) is 12.7. The smallest absolute Gasteiger partial charge is 0.252 e. The molecule has 0 spiro atoms. The first kappa shape index (κ1) is 16.0. The summed E-state index contributed by atoms with van der Waals surface area (Å²) in [7, 11) is 1.57. The van der Waals surface area contributed by atoms with E-state index in [4.69, 9.17) is 16.3 Å². The monoisotopic (exact) mass is 345 g/mol. The Morgan fingerprint density at radius 1 is 1.21 bits per heavy atom. The average Bonchev–Trinajstić information content (AvgIpc) is 2.58. The molecule has 0 bridgehead atoms. The molecule has 0 atom stereocenters. The van der Waals surface area contributed by atoms with Crippen molar-refractivity contribution in [2.24, 2.45) is 0 Å². The van der Waals surface area contributed by atoms with Gasteiger partial charge in [-0.25, -0.2) is 9.37 Å². The lowest BCUT2D eigenvalue weighted by Crippen LogP contribution is -2.10. The van der Waals surface area contributed by atoms with Crippen LogP contribution in [0.15, 0.2) is 53.3 Å². The zero-order chi connectivity index (χ0) is 17.1. The summed E-state index contributed by atoms with van der Waals surface area (Å²) >= 11 is 5.75. The third kappa shape index (κ3) is 3.55. The van der Waals surface area contributed by atoms with Crippen molar-refractivity contribution < 1.29 is 9.13 Å². The van der Waals surface area contributed by atoms with E-state index in [2.05, 4.69) is 15.3 Å². The van der Waals surface area contributed by atoms with Crippen LogP contribution >= 0.6 is 11.6 Å². The third-order valence-electron chi connectivity index (χ3n) is 3.29. The number of methoxy groups -OCH3 is 1. The fraction of sp³-hybridized carbons (Fsp3) is 0.0588. The molecule has 3 aromatic rings. The van der Waals surface area contributed by atoms with Crippen LogP contribution in [0.1, 0.15) is 0 Å². The quantitative estimate of drug-likeness (QED) is 0.750. The second-order valence-electron chi connectivity index (χ2n) is 4.97. The van der Waals surface area contributed by atoms with Gasteiger partial charge in [0.05, 0.1) is 17.8 Å². The van der Waals surface area contributed by atoms with Gasteiger partial charge in [0.1, 0.15) is 11.6 Å². The lowest BCUT2D eigenvalue weighted by atomic mass is 10.1. The first-order valence-corrected chi connectivity index (χ1v) is 7.41. The van der Waals surface area contributed by atoms with Crippen LogP contribution < -0.4 is 15.6 Å². The average molecular weight is 346 g/mol. The highest BCUT2D eigenvalue weighted by Gasteiger charge is 2.07. The number of H-pyrrole nitrogens is 1. The van der Waals surface area contributed by atoms with Crippen LogP contribution in [0.2, 0.25) is 5.02 Å². The van der Waals surface area contributed by atoms with Crippen LogP contribution in [-0.2, 0) is 0 Å². The molecular weight excluding hydrogens is 333 g/mol. The molecular formula is C17H13ClFN3O2. The Bertz CT molecular complexity index is 943. The van der Waals surface area contributed by atoms with Crippen LogP contribution in [0.4, 0.5) is 16.0 Å². The molecule has 0 fully saturated rings. The molecule has 7 heteroatoms. The molecule has 5 nitrogen and oxygen atoms in total. The first-order chi connectivity index (χ1) is 11.5. The number of nitrogens with one attached hydrogen (secondary N) is 2. The predicted octanol–water partition coefficient (Wildman–Crippen LogP) is 3.98. The summed E-state index contributed by atoms with van der Waals surface area (Å²) in [4.78, 5) is 18.8. The summed E-state index contributed by atoms with van der Waals surface area (Å²) in [5.41, 5.74) is 1.40. The maximum atomic E-state index is 13.2. The van der Waals surface area contributed by atoms with Gasteiger partial charge in [0, 0.05) is 17.3 Å². The Morgan fingerprint density at radius 2 is 2.04 bits per heavy atom. The molecule has 0 aliphatic carbocycles. The van der Waals surface area contributed by atoms with E-state index >= 15 is 0 Å². The minimum atomic E-state index is -0.520. The fourth-order valence-electron chi connectivity index (χ4n) is 2.16. The number of halogens is 2. The van der Waals surface area contributed by atoms with Crippen molar-refractivity contribution in [1.82, 2.24) is 9.97 Å². The number of aromatic amines is 1. The van der Waals surface area contributed by atoms with Gasteiger partial charge in [0.2, 0.25) is 5.95 Å². The SMILES string of the molecule is COc1cccc(-c2cc(=O)[nH]c(Nc3ccc(F)c(Cl)c3)n2)c1. The molecule has 1 aromatic heterocycles. The lowest BCUT2D eigenvalue weighted by molar-refractivity contribution is 0.415. The molecule has 1 heterocycles. The normalized spacial score (nSPS) is 10.5. The molecule has 2 aromatic carbocycles. The Hall–Kier alpha value is -2.86. The number of anilines is 2. The molecule has 0 saturated heterocycles. The number of aromatic nitrogens is 2. The van der Waals surface area contributed by atoms with Gasteiger partial charge in [0.15, 0.2) is 0 Å². The van der Waals surface area contributed by atoms with Crippen molar-refractivity contribution >= 4 is 23.2 Å². The molecule has 3 rings (SSSR count). The van der Waals surface area contributed by atoms with E-state index < -0.39 is 5.82 Å². The standard InChI is InChI=1S/C17H13ClFN3O2/c1-24-12-4-2-3-10(7-12)15-9-16(23)22-17(21-15)20-11-5-6-14(19)13(18)8-11/h2-9H,1H3,(H2,20,21,22,23). The van der Waals surface area contributed by atoms with Gasteiger partial charge in [-0.05, 0) is 30.3 Å². The highest BCUT2D eigenvalue weighted by Crippen LogP contribution is 2.24. The maximum absolute atomic E-state index is 13.2. The zero-order valence-corrected chi connectivity index (χ0v) is 13.4. The van der Waals surface area contributed by atoms with Gasteiger partial charge in [-0.2, -0.15) is 0 Å². The Morgan fingerprint density at radius 3 is 2.79 bits per heavy atom. The van der Waals surface area contributed by atoms with E-state index in [1.165, 1.54) is 24.3 Å². The number of benzene rings is 2. The van der Waals surface area contributed by atoms with Crippen LogP contribution in [0.3, 0.4) is 0 Å².